The van der Waals surface area contributed by atoms with E-state index < -0.39 is 0 Å². The minimum Gasteiger partial charge on any atom is -0.382 e. The van der Waals surface area contributed by atoms with Crippen molar-refractivity contribution in [1.29, 1.82) is 0 Å². The minimum atomic E-state index is -0.369. The summed E-state index contributed by atoms with van der Waals surface area (Å²) in [4.78, 5) is 22.0. The molecule has 6 nitrogen and oxygen atoms in total. The summed E-state index contributed by atoms with van der Waals surface area (Å²) in [6.07, 6.45) is 1.05. The van der Waals surface area contributed by atoms with Gasteiger partial charge in [-0.2, -0.15) is 0 Å². The van der Waals surface area contributed by atoms with Crippen LogP contribution in [-0.4, -0.2) is 51.3 Å². The predicted octanol–water partition coefficient (Wildman–Crippen LogP) is -0.956. The van der Waals surface area contributed by atoms with Gasteiger partial charge in [-0.05, 0) is 13.0 Å². The summed E-state index contributed by atoms with van der Waals surface area (Å²) in [5, 5.41) is 5.26. The van der Waals surface area contributed by atoms with Crippen molar-refractivity contribution in [2.45, 2.75) is 18.9 Å². The molecule has 0 aromatic rings. The maximum Gasteiger partial charge on any atom is 0.244 e. The van der Waals surface area contributed by atoms with Crippen molar-refractivity contribution >= 4 is 11.8 Å². The first kappa shape index (κ1) is 13.1. The van der Waals surface area contributed by atoms with Gasteiger partial charge >= 0.3 is 0 Å². The van der Waals surface area contributed by atoms with Crippen LogP contribution in [0.25, 0.3) is 0 Å². The van der Waals surface area contributed by atoms with Crippen molar-refractivity contribution in [3.05, 3.63) is 0 Å². The summed E-state index contributed by atoms with van der Waals surface area (Å²) in [6, 6.07) is -0.369. The third-order valence-electron chi connectivity index (χ3n) is 2.26. The third kappa shape index (κ3) is 4.69. The van der Waals surface area contributed by atoms with Gasteiger partial charge in [0.1, 0.15) is 0 Å². The Morgan fingerprint density at radius 3 is 2.81 bits per heavy atom. The topological polar surface area (TPSA) is 76.7 Å². The van der Waals surface area contributed by atoms with Crippen LogP contribution in [0.1, 0.15) is 12.8 Å². The number of carbonyl (C=O) groups excluding carboxylic acids is 2. The second kappa shape index (κ2) is 7.32. The normalized spacial score (nSPS) is 20.2. The van der Waals surface area contributed by atoms with E-state index in [1.807, 2.05) is 0 Å². The van der Waals surface area contributed by atoms with Crippen molar-refractivity contribution in [3.63, 3.8) is 0 Å². The van der Waals surface area contributed by atoms with Crippen LogP contribution in [0, 0.1) is 0 Å². The number of amides is 2. The first-order valence-electron chi connectivity index (χ1n) is 5.38. The van der Waals surface area contributed by atoms with Gasteiger partial charge < -0.3 is 14.8 Å². The van der Waals surface area contributed by atoms with Gasteiger partial charge in [-0.25, -0.2) is 0 Å². The fourth-order valence-electron chi connectivity index (χ4n) is 1.41. The number of hydrogen-bond acceptors (Lipinski definition) is 5. The molecule has 1 saturated heterocycles. The lowest BCUT2D eigenvalue weighted by Crippen LogP contribution is -2.37. The summed E-state index contributed by atoms with van der Waals surface area (Å²) in [6.45, 7) is 2.46. The van der Waals surface area contributed by atoms with Gasteiger partial charge in [0.05, 0.1) is 25.7 Å². The molecule has 0 aromatic heterocycles. The molecule has 1 atom stereocenters. The van der Waals surface area contributed by atoms with E-state index in [0.717, 1.165) is 6.42 Å². The van der Waals surface area contributed by atoms with E-state index in [2.05, 4.69) is 10.6 Å². The molecule has 1 unspecified atom stereocenters. The quantitative estimate of drug-likeness (QED) is 0.415. The Bertz CT molecular complexity index is 245. The van der Waals surface area contributed by atoms with E-state index in [9.17, 15) is 9.59 Å². The fraction of sp³-hybridized carbons (Fsp3) is 0.800. The van der Waals surface area contributed by atoms with Gasteiger partial charge in [0.25, 0.3) is 0 Å². The first-order chi connectivity index (χ1) is 7.74. The first-order valence-corrected chi connectivity index (χ1v) is 5.38. The number of ether oxygens (including phenoxy) is 2. The van der Waals surface area contributed by atoms with Crippen LogP contribution >= 0.6 is 0 Å². The van der Waals surface area contributed by atoms with E-state index in [0.29, 0.717) is 26.4 Å². The second-order valence-corrected chi connectivity index (χ2v) is 3.58. The third-order valence-corrected chi connectivity index (χ3v) is 2.26. The van der Waals surface area contributed by atoms with E-state index in [1.165, 1.54) is 0 Å². The SMILES string of the molecule is COCCOCCCNC1CC(=O)NC1=O. The maximum absolute atomic E-state index is 11.1. The van der Waals surface area contributed by atoms with Gasteiger partial charge in [0, 0.05) is 13.7 Å². The molecule has 1 heterocycles. The predicted molar refractivity (Wildman–Crippen MR) is 56.9 cm³/mol. The molecule has 92 valence electrons. The summed E-state index contributed by atoms with van der Waals surface area (Å²) in [5.41, 5.74) is 0. The molecule has 1 rings (SSSR count). The molecule has 1 aliphatic heterocycles. The molecule has 2 N–H and O–H groups in total. The molecule has 0 spiro atoms. The van der Waals surface area contributed by atoms with Gasteiger partial charge in [0.15, 0.2) is 0 Å². The summed E-state index contributed by atoms with van der Waals surface area (Å²) < 4.78 is 10.1. The lowest BCUT2D eigenvalue weighted by Gasteiger charge is -2.08. The molecule has 16 heavy (non-hydrogen) atoms. The van der Waals surface area contributed by atoms with Crippen LogP contribution in [0.15, 0.2) is 0 Å². The summed E-state index contributed by atoms with van der Waals surface area (Å²) in [7, 11) is 1.63. The Morgan fingerprint density at radius 1 is 1.38 bits per heavy atom. The average molecular weight is 230 g/mol. The molecule has 1 aliphatic rings. The summed E-state index contributed by atoms with van der Waals surface area (Å²) in [5.74, 6) is -0.441. The maximum atomic E-state index is 11.1. The number of imide groups is 1. The van der Waals surface area contributed by atoms with Crippen molar-refractivity contribution in [2.75, 3.05) is 33.5 Å². The Balaban J connectivity index is 1.95. The zero-order chi connectivity index (χ0) is 11.8. The van der Waals surface area contributed by atoms with Crippen molar-refractivity contribution in [1.82, 2.24) is 10.6 Å². The van der Waals surface area contributed by atoms with Crippen LogP contribution in [-0.2, 0) is 19.1 Å². The van der Waals surface area contributed by atoms with Crippen LogP contribution in [0.5, 0.6) is 0 Å². The van der Waals surface area contributed by atoms with Crippen LogP contribution in [0.4, 0.5) is 0 Å². The Kier molecular flexibility index (Phi) is 5.99. The van der Waals surface area contributed by atoms with E-state index in [1.54, 1.807) is 7.11 Å². The molecule has 1 fully saturated rings. The molecule has 0 radical (unpaired) electrons. The minimum absolute atomic E-state index is 0.209. The second-order valence-electron chi connectivity index (χ2n) is 3.58. The number of nitrogens with one attached hydrogen (secondary N) is 2. The highest BCUT2D eigenvalue weighted by atomic mass is 16.5. The molecule has 6 heteroatoms. The van der Waals surface area contributed by atoms with Gasteiger partial charge in [-0.3, -0.25) is 14.9 Å². The van der Waals surface area contributed by atoms with E-state index in [-0.39, 0.29) is 24.3 Å². The van der Waals surface area contributed by atoms with E-state index in [4.69, 9.17) is 9.47 Å². The van der Waals surface area contributed by atoms with Crippen LogP contribution in [0.2, 0.25) is 0 Å². The standard InChI is InChI=1S/C10H18N2O4/c1-15-5-6-16-4-2-3-11-8-7-9(13)12-10(8)14/h8,11H,2-7H2,1H3,(H,12,13,14). The molecule has 0 saturated carbocycles. The zero-order valence-electron chi connectivity index (χ0n) is 9.45. The Labute approximate surface area is 94.7 Å². The molecule has 0 bridgehead atoms. The largest absolute Gasteiger partial charge is 0.382 e. The Hall–Kier alpha value is -0.980. The number of hydrogen-bond donors (Lipinski definition) is 2. The monoisotopic (exact) mass is 230 g/mol. The molecule has 0 aromatic carbocycles. The van der Waals surface area contributed by atoms with Gasteiger partial charge in [-0.15, -0.1) is 0 Å². The molecular weight excluding hydrogens is 212 g/mol. The number of rotatable bonds is 8. The number of carbonyl (C=O) groups is 2. The molecular formula is C10H18N2O4. The smallest absolute Gasteiger partial charge is 0.244 e. The zero-order valence-corrected chi connectivity index (χ0v) is 9.45. The van der Waals surface area contributed by atoms with Crippen LogP contribution < -0.4 is 10.6 Å². The molecule has 2 amide bonds. The lowest BCUT2D eigenvalue weighted by atomic mass is 10.2. The van der Waals surface area contributed by atoms with Gasteiger partial charge in [-0.1, -0.05) is 0 Å². The highest BCUT2D eigenvalue weighted by Gasteiger charge is 2.29. The van der Waals surface area contributed by atoms with Crippen molar-refractivity contribution < 1.29 is 19.1 Å². The van der Waals surface area contributed by atoms with Crippen molar-refractivity contribution in [2.24, 2.45) is 0 Å². The molecule has 0 aliphatic carbocycles. The number of methoxy groups -OCH3 is 1. The summed E-state index contributed by atoms with van der Waals surface area (Å²) >= 11 is 0. The van der Waals surface area contributed by atoms with Crippen molar-refractivity contribution in [3.8, 4) is 0 Å². The van der Waals surface area contributed by atoms with E-state index >= 15 is 0 Å². The Morgan fingerprint density at radius 2 is 2.19 bits per heavy atom. The fourth-order valence-corrected chi connectivity index (χ4v) is 1.41. The highest BCUT2D eigenvalue weighted by molar-refractivity contribution is 6.05. The lowest BCUT2D eigenvalue weighted by molar-refractivity contribution is -0.125. The van der Waals surface area contributed by atoms with Crippen LogP contribution in [0.3, 0.4) is 0 Å². The average Bonchev–Trinajstić information content (AvgIpc) is 2.56. The van der Waals surface area contributed by atoms with Gasteiger partial charge in [0.2, 0.25) is 11.8 Å². The highest BCUT2D eigenvalue weighted by Crippen LogP contribution is 2.00.